The van der Waals surface area contributed by atoms with Crippen LogP contribution in [0.5, 0.6) is 0 Å². The molecule has 0 bridgehead atoms. The maximum atomic E-state index is 11.6. The number of hydrogen-bond donors (Lipinski definition) is 2. The molecule has 1 atom stereocenters. The minimum Gasteiger partial charge on any atom is -0.344 e. The highest BCUT2D eigenvalue weighted by atomic mass is 16.2. The van der Waals surface area contributed by atoms with E-state index in [-0.39, 0.29) is 23.9 Å². The predicted molar refractivity (Wildman–Crippen MR) is 66.8 cm³/mol. The van der Waals surface area contributed by atoms with Gasteiger partial charge in [-0.3, -0.25) is 9.69 Å². The molecule has 3 N–H and O–H groups in total. The van der Waals surface area contributed by atoms with E-state index in [4.69, 9.17) is 12.2 Å². The number of amides is 1. The van der Waals surface area contributed by atoms with Crippen LogP contribution in [0.3, 0.4) is 0 Å². The van der Waals surface area contributed by atoms with Gasteiger partial charge in [0.25, 0.3) is 0 Å². The number of nitrogens with two attached hydrogens (primary N) is 1. The third kappa shape index (κ3) is 5.15. The number of terminal acetylenes is 1. The van der Waals surface area contributed by atoms with Crippen molar-refractivity contribution in [3.63, 3.8) is 0 Å². The first-order valence-electron chi connectivity index (χ1n) is 5.45. The number of nitrogens with zero attached hydrogens (tertiary/aromatic N) is 1. The normalized spacial score (nSPS) is 13.3. The molecule has 0 radical (unpaired) electrons. The third-order valence-electron chi connectivity index (χ3n) is 2.64. The van der Waals surface area contributed by atoms with Crippen molar-refractivity contribution in [2.75, 3.05) is 26.7 Å². The van der Waals surface area contributed by atoms with Gasteiger partial charge in [0.2, 0.25) is 5.91 Å². The van der Waals surface area contributed by atoms with E-state index < -0.39 is 0 Å². The van der Waals surface area contributed by atoms with Crippen LogP contribution < -0.4 is 11.1 Å². The summed E-state index contributed by atoms with van der Waals surface area (Å²) in [6, 6.07) is -0.195. The van der Waals surface area contributed by atoms with Crippen LogP contribution in [0.2, 0.25) is 0 Å². The Balaban J connectivity index is 4.23. The van der Waals surface area contributed by atoms with Crippen molar-refractivity contribution in [1.29, 1.82) is 0 Å². The highest BCUT2D eigenvalue weighted by molar-refractivity contribution is 5.81. The Morgan fingerprint density at radius 3 is 2.62 bits per heavy atom. The molecule has 4 heteroatoms. The summed E-state index contributed by atoms with van der Waals surface area (Å²) in [5, 5.41) is 2.67. The summed E-state index contributed by atoms with van der Waals surface area (Å²) in [6.45, 7) is 7.66. The minimum atomic E-state index is -0.195. The van der Waals surface area contributed by atoms with Crippen LogP contribution in [0.25, 0.3) is 0 Å². The summed E-state index contributed by atoms with van der Waals surface area (Å²) in [7, 11) is 1.91. The molecule has 0 aliphatic rings. The van der Waals surface area contributed by atoms with Gasteiger partial charge in [-0.05, 0) is 25.9 Å². The van der Waals surface area contributed by atoms with Crippen molar-refractivity contribution in [2.24, 2.45) is 11.1 Å². The first-order chi connectivity index (χ1) is 7.34. The second kappa shape index (κ2) is 6.51. The quantitative estimate of drug-likeness (QED) is 0.628. The zero-order valence-electron chi connectivity index (χ0n) is 10.7. The number of hydrogen-bond acceptors (Lipinski definition) is 3. The summed E-state index contributed by atoms with van der Waals surface area (Å²) in [5.74, 6) is 2.33. The Morgan fingerprint density at radius 2 is 2.19 bits per heavy atom. The van der Waals surface area contributed by atoms with Gasteiger partial charge >= 0.3 is 0 Å². The fourth-order valence-corrected chi connectivity index (χ4v) is 1.36. The largest absolute Gasteiger partial charge is 0.344 e. The lowest BCUT2D eigenvalue weighted by Crippen LogP contribution is -2.47. The molecule has 0 fully saturated rings. The van der Waals surface area contributed by atoms with Crippen LogP contribution in [0, 0.1) is 17.8 Å². The van der Waals surface area contributed by atoms with Crippen molar-refractivity contribution < 1.29 is 4.79 Å². The van der Waals surface area contributed by atoms with Crippen LogP contribution >= 0.6 is 0 Å². The highest BCUT2D eigenvalue weighted by Crippen LogP contribution is 2.15. The molecule has 4 nitrogen and oxygen atoms in total. The smallest absolute Gasteiger partial charge is 0.237 e. The lowest BCUT2D eigenvalue weighted by molar-refractivity contribution is -0.125. The van der Waals surface area contributed by atoms with E-state index in [1.54, 1.807) is 0 Å². The molecule has 0 aliphatic heterocycles. The molecule has 0 saturated carbocycles. The average Bonchev–Trinajstić information content (AvgIpc) is 2.24. The molecule has 0 saturated heterocycles. The molecule has 0 aromatic carbocycles. The van der Waals surface area contributed by atoms with E-state index in [0.29, 0.717) is 6.54 Å². The van der Waals surface area contributed by atoms with Crippen molar-refractivity contribution in [1.82, 2.24) is 10.2 Å². The second-order valence-electron chi connectivity index (χ2n) is 4.88. The summed E-state index contributed by atoms with van der Waals surface area (Å²) in [4.78, 5) is 13.6. The molecule has 0 spiro atoms. The van der Waals surface area contributed by atoms with E-state index in [1.165, 1.54) is 0 Å². The van der Waals surface area contributed by atoms with Gasteiger partial charge in [0, 0.05) is 6.54 Å². The van der Waals surface area contributed by atoms with Crippen molar-refractivity contribution in [3.05, 3.63) is 0 Å². The lowest BCUT2D eigenvalue weighted by Gasteiger charge is -2.32. The van der Waals surface area contributed by atoms with Gasteiger partial charge in [-0.15, -0.1) is 6.42 Å². The van der Waals surface area contributed by atoms with Crippen LogP contribution in [0.15, 0.2) is 0 Å². The number of likely N-dealkylation sites (N-methyl/N-ethyl adjacent to an activating group) is 1. The van der Waals surface area contributed by atoms with E-state index >= 15 is 0 Å². The lowest BCUT2D eigenvalue weighted by atomic mass is 9.93. The van der Waals surface area contributed by atoms with Crippen molar-refractivity contribution >= 4 is 5.91 Å². The van der Waals surface area contributed by atoms with Gasteiger partial charge in [0.1, 0.15) is 0 Å². The first kappa shape index (κ1) is 14.9. The van der Waals surface area contributed by atoms with E-state index in [9.17, 15) is 4.79 Å². The maximum Gasteiger partial charge on any atom is 0.237 e. The Labute approximate surface area is 98.6 Å². The molecule has 1 unspecified atom stereocenters. The Morgan fingerprint density at radius 1 is 1.62 bits per heavy atom. The third-order valence-corrected chi connectivity index (χ3v) is 2.64. The summed E-state index contributed by atoms with van der Waals surface area (Å²) in [5.41, 5.74) is 5.67. The number of carbonyl (C=O) groups is 1. The van der Waals surface area contributed by atoms with Gasteiger partial charge in [0.15, 0.2) is 0 Å². The van der Waals surface area contributed by atoms with Crippen LogP contribution in [0.1, 0.15) is 20.8 Å². The standard InChI is InChI=1S/C12H23N3O/c1-6-7-14-11(16)10(2)15(5)9-12(3,4)8-13/h1,10H,7-9,13H2,2-5H3,(H,14,16). The fraction of sp³-hybridized carbons (Fsp3) is 0.750. The minimum absolute atomic E-state index is 0.00933. The molecule has 0 aliphatic carbocycles. The molecule has 0 aromatic rings. The molecule has 92 valence electrons. The molecular weight excluding hydrogens is 202 g/mol. The molecular formula is C12H23N3O. The van der Waals surface area contributed by atoms with E-state index in [1.807, 2.05) is 18.9 Å². The Bertz CT molecular complexity index is 268. The molecule has 0 aromatic heterocycles. The van der Waals surface area contributed by atoms with Crippen LogP contribution in [-0.2, 0) is 4.79 Å². The number of carbonyl (C=O) groups excluding carboxylic acids is 1. The SMILES string of the molecule is C#CCNC(=O)C(C)N(C)CC(C)(C)CN. The van der Waals surface area contributed by atoms with Crippen molar-refractivity contribution in [2.45, 2.75) is 26.8 Å². The van der Waals surface area contributed by atoms with Gasteiger partial charge in [-0.25, -0.2) is 0 Å². The monoisotopic (exact) mass is 225 g/mol. The summed E-state index contributed by atoms with van der Waals surface area (Å²) >= 11 is 0. The molecule has 1 amide bonds. The number of rotatable bonds is 6. The summed E-state index contributed by atoms with van der Waals surface area (Å²) in [6.07, 6.45) is 5.08. The topological polar surface area (TPSA) is 58.4 Å². The number of nitrogens with one attached hydrogen (secondary N) is 1. The van der Waals surface area contributed by atoms with Crippen molar-refractivity contribution in [3.8, 4) is 12.3 Å². The average molecular weight is 225 g/mol. The van der Waals surface area contributed by atoms with Gasteiger partial charge < -0.3 is 11.1 Å². The maximum absolute atomic E-state index is 11.6. The molecule has 0 heterocycles. The Kier molecular flexibility index (Phi) is 6.09. The molecule has 0 rings (SSSR count). The van der Waals surface area contributed by atoms with Gasteiger partial charge in [0.05, 0.1) is 12.6 Å². The zero-order valence-corrected chi connectivity index (χ0v) is 10.7. The van der Waals surface area contributed by atoms with Gasteiger partial charge in [-0.1, -0.05) is 19.8 Å². The van der Waals surface area contributed by atoms with Crippen LogP contribution in [-0.4, -0.2) is 43.5 Å². The zero-order chi connectivity index (χ0) is 12.8. The summed E-state index contributed by atoms with van der Waals surface area (Å²) < 4.78 is 0. The molecule has 16 heavy (non-hydrogen) atoms. The first-order valence-corrected chi connectivity index (χ1v) is 5.45. The predicted octanol–water partition coefficient (Wildman–Crippen LogP) is 0.0410. The van der Waals surface area contributed by atoms with Gasteiger partial charge in [-0.2, -0.15) is 0 Å². The van der Waals surface area contributed by atoms with E-state index in [0.717, 1.165) is 6.54 Å². The Hall–Kier alpha value is -1.05. The second-order valence-corrected chi connectivity index (χ2v) is 4.88. The van der Waals surface area contributed by atoms with Crippen LogP contribution in [0.4, 0.5) is 0 Å². The fourth-order valence-electron chi connectivity index (χ4n) is 1.36. The highest BCUT2D eigenvalue weighted by Gasteiger charge is 2.24. The van der Waals surface area contributed by atoms with E-state index in [2.05, 4.69) is 25.1 Å².